The van der Waals surface area contributed by atoms with Gasteiger partial charge in [0, 0.05) is 23.7 Å². The molecule has 3 aromatic rings. The van der Waals surface area contributed by atoms with Crippen molar-refractivity contribution in [1.29, 1.82) is 0 Å². The summed E-state index contributed by atoms with van der Waals surface area (Å²) in [6.07, 6.45) is 0.688. The van der Waals surface area contributed by atoms with E-state index in [9.17, 15) is 9.18 Å². The van der Waals surface area contributed by atoms with Gasteiger partial charge in [-0.15, -0.1) is 5.10 Å². The first-order valence-electron chi connectivity index (χ1n) is 7.90. The van der Waals surface area contributed by atoms with Crippen LogP contribution in [0.3, 0.4) is 0 Å². The van der Waals surface area contributed by atoms with Crippen molar-refractivity contribution in [3.05, 3.63) is 56.7 Å². The van der Waals surface area contributed by atoms with Gasteiger partial charge in [-0.25, -0.2) is 9.37 Å². The van der Waals surface area contributed by atoms with Gasteiger partial charge in [0.15, 0.2) is 0 Å². The van der Waals surface area contributed by atoms with Crippen molar-refractivity contribution < 1.29 is 4.39 Å². The van der Waals surface area contributed by atoms with Crippen LogP contribution < -0.4 is 10.9 Å². The van der Waals surface area contributed by atoms with E-state index in [0.717, 1.165) is 5.69 Å². The number of rotatable bonds is 5. The molecule has 8 heteroatoms. The van der Waals surface area contributed by atoms with Crippen LogP contribution in [-0.4, -0.2) is 21.1 Å². The first-order chi connectivity index (χ1) is 11.8. The van der Waals surface area contributed by atoms with E-state index in [1.807, 2.05) is 20.8 Å². The normalized spacial score (nSPS) is 11.9. The maximum absolute atomic E-state index is 14.3. The second-order valence-electron chi connectivity index (χ2n) is 6.38. The van der Waals surface area contributed by atoms with E-state index < -0.39 is 11.2 Å². The summed E-state index contributed by atoms with van der Waals surface area (Å²) < 4.78 is 15.6. The molecule has 2 heterocycles. The third kappa shape index (κ3) is 3.52. The van der Waals surface area contributed by atoms with E-state index in [1.54, 1.807) is 12.1 Å². The summed E-state index contributed by atoms with van der Waals surface area (Å²) in [5.41, 5.74) is 0.546. The van der Waals surface area contributed by atoms with Crippen molar-refractivity contribution in [3.8, 4) is 0 Å². The lowest BCUT2D eigenvalue weighted by atomic mass is 9.84. The number of nitrogens with one attached hydrogen (secondary N) is 1. The SMILES string of the molecule is CCc1cc(=O)n2nc(NCC(C)(C)c3cccc(Cl)c3F)sc2n1. The summed E-state index contributed by atoms with van der Waals surface area (Å²) in [5, 5.41) is 8.10. The molecular formula is C17H18ClFN4OS. The Labute approximate surface area is 153 Å². The summed E-state index contributed by atoms with van der Waals surface area (Å²) in [7, 11) is 0. The van der Waals surface area contributed by atoms with Crippen molar-refractivity contribution >= 4 is 33.0 Å². The van der Waals surface area contributed by atoms with Crippen LogP contribution >= 0.6 is 22.9 Å². The second-order valence-corrected chi connectivity index (χ2v) is 7.74. The van der Waals surface area contributed by atoms with Gasteiger partial charge in [0.05, 0.1) is 5.02 Å². The van der Waals surface area contributed by atoms with E-state index >= 15 is 0 Å². The first kappa shape index (κ1) is 17.8. The van der Waals surface area contributed by atoms with Crippen molar-refractivity contribution in [3.63, 3.8) is 0 Å². The number of nitrogens with zero attached hydrogens (tertiary/aromatic N) is 3. The fourth-order valence-electron chi connectivity index (χ4n) is 2.53. The van der Waals surface area contributed by atoms with Crippen LogP contribution in [0.5, 0.6) is 0 Å². The zero-order valence-electron chi connectivity index (χ0n) is 14.1. The van der Waals surface area contributed by atoms with Gasteiger partial charge in [0.2, 0.25) is 10.1 Å². The van der Waals surface area contributed by atoms with Crippen LogP contribution in [0.25, 0.3) is 4.96 Å². The molecule has 0 aliphatic carbocycles. The van der Waals surface area contributed by atoms with E-state index in [4.69, 9.17) is 11.6 Å². The lowest BCUT2D eigenvalue weighted by Gasteiger charge is -2.26. The molecule has 3 rings (SSSR count). The number of benzene rings is 1. The van der Waals surface area contributed by atoms with Crippen LogP contribution in [0, 0.1) is 5.82 Å². The van der Waals surface area contributed by atoms with E-state index in [0.29, 0.717) is 28.6 Å². The minimum absolute atomic E-state index is 0.105. The van der Waals surface area contributed by atoms with Gasteiger partial charge in [0.1, 0.15) is 5.82 Å². The highest BCUT2D eigenvalue weighted by atomic mass is 35.5. The molecule has 132 valence electrons. The number of halogens is 2. The first-order valence-corrected chi connectivity index (χ1v) is 9.09. The highest BCUT2D eigenvalue weighted by Crippen LogP contribution is 2.30. The summed E-state index contributed by atoms with van der Waals surface area (Å²) in [5.74, 6) is -0.411. The molecule has 5 nitrogen and oxygen atoms in total. The Morgan fingerprint density at radius 2 is 2.16 bits per heavy atom. The second kappa shape index (κ2) is 6.72. The van der Waals surface area contributed by atoms with Gasteiger partial charge < -0.3 is 5.32 Å². The number of fused-ring (bicyclic) bond motifs is 1. The molecule has 25 heavy (non-hydrogen) atoms. The monoisotopic (exact) mass is 380 g/mol. The molecule has 0 aliphatic heterocycles. The highest BCUT2D eigenvalue weighted by Gasteiger charge is 2.25. The van der Waals surface area contributed by atoms with Gasteiger partial charge in [-0.05, 0) is 18.1 Å². The molecule has 0 bridgehead atoms. The van der Waals surface area contributed by atoms with Crippen molar-refractivity contribution in [2.75, 3.05) is 11.9 Å². The molecule has 0 spiro atoms. The lowest BCUT2D eigenvalue weighted by molar-refractivity contribution is 0.504. The van der Waals surface area contributed by atoms with Crippen LogP contribution in [0.2, 0.25) is 5.02 Å². The van der Waals surface area contributed by atoms with Gasteiger partial charge in [-0.2, -0.15) is 4.52 Å². The van der Waals surface area contributed by atoms with E-state index in [2.05, 4.69) is 15.4 Å². The Hall–Kier alpha value is -1.99. The highest BCUT2D eigenvalue weighted by molar-refractivity contribution is 7.20. The molecule has 0 fully saturated rings. The molecule has 1 N–H and O–H groups in total. The Morgan fingerprint density at radius 1 is 1.40 bits per heavy atom. The zero-order chi connectivity index (χ0) is 18.2. The van der Waals surface area contributed by atoms with Gasteiger partial charge in [-0.3, -0.25) is 4.79 Å². The smallest absolute Gasteiger partial charge is 0.275 e. The number of hydrogen-bond acceptors (Lipinski definition) is 5. The Morgan fingerprint density at radius 3 is 2.88 bits per heavy atom. The summed E-state index contributed by atoms with van der Waals surface area (Å²) in [6.45, 7) is 6.21. The lowest BCUT2D eigenvalue weighted by Crippen LogP contribution is -2.29. The van der Waals surface area contributed by atoms with Crippen LogP contribution in [0.15, 0.2) is 29.1 Å². The van der Waals surface area contributed by atoms with Gasteiger partial charge in [0.25, 0.3) is 5.56 Å². The third-order valence-electron chi connectivity index (χ3n) is 4.02. The summed E-state index contributed by atoms with van der Waals surface area (Å²) in [4.78, 5) is 17.0. The number of hydrogen-bond donors (Lipinski definition) is 1. The molecule has 0 aliphatic rings. The molecule has 0 saturated heterocycles. The maximum atomic E-state index is 14.3. The predicted octanol–water partition coefficient (Wildman–Crippen LogP) is 3.90. The van der Waals surface area contributed by atoms with E-state index in [1.165, 1.54) is 28.0 Å². The zero-order valence-corrected chi connectivity index (χ0v) is 15.7. The third-order valence-corrected chi connectivity index (χ3v) is 5.18. The summed E-state index contributed by atoms with van der Waals surface area (Å²) >= 11 is 7.18. The topological polar surface area (TPSA) is 59.3 Å². The molecule has 0 radical (unpaired) electrons. The Kier molecular flexibility index (Phi) is 4.79. The van der Waals surface area contributed by atoms with Crippen LogP contribution in [0.4, 0.5) is 9.52 Å². The average molecular weight is 381 g/mol. The molecule has 0 atom stereocenters. The molecular weight excluding hydrogens is 363 g/mol. The fraction of sp³-hybridized carbons (Fsp3) is 0.353. The Bertz CT molecular complexity index is 982. The molecule has 0 saturated carbocycles. The minimum atomic E-state index is -0.514. The molecule has 1 aromatic carbocycles. The maximum Gasteiger partial charge on any atom is 0.275 e. The van der Waals surface area contributed by atoms with E-state index in [-0.39, 0.29) is 10.6 Å². The van der Waals surface area contributed by atoms with Crippen LogP contribution in [-0.2, 0) is 11.8 Å². The number of aryl methyl sites for hydroxylation is 1. The standard InChI is InChI=1S/C17H18ClFN4OS/c1-4-10-8-13(24)23-16(21-10)25-15(22-23)20-9-17(2,3)11-6-5-7-12(18)14(11)19/h5-8H,4,9H2,1-3H3,(H,20,22). The quantitative estimate of drug-likeness (QED) is 0.729. The van der Waals surface area contributed by atoms with Crippen LogP contribution in [0.1, 0.15) is 32.0 Å². The van der Waals surface area contributed by atoms with Crippen molar-refractivity contribution in [2.24, 2.45) is 0 Å². The largest absolute Gasteiger partial charge is 0.359 e. The number of anilines is 1. The molecule has 2 aromatic heterocycles. The number of aromatic nitrogens is 3. The summed E-state index contributed by atoms with van der Waals surface area (Å²) in [6, 6.07) is 6.47. The minimum Gasteiger partial charge on any atom is -0.359 e. The van der Waals surface area contributed by atoms with Crippen molar-refractivity contribution in [2.45, 2.75) is 32.6 Å². The van der Waals surface area contributed by atoms with Crippen molar-refractivity contribution in [1.82, 2.24) is 14.6 Å². The fourth-order valence-corrected chi connectivity index (χ4v) is 3.52. The Balaban J connectivity index is 1.85. The molecule has 0 amide bonds. The van der Waals surface area contributed by atoms with Gasteiger partial charge in [-0.1, -0.05) is 55.8 Å². The molecule has 0 unspecified atom stereocenters. The predicted molar refractivity (Wildman–Crippen MR) is 99.4 cm³/mol. The average Bonchev–Trinajstić information content (AvgIpc) is 2.99. The van der Waals surface area contributed by atoms with Gasteiger partial charge >= 0.3 is 0 Å².